The van der Waals surface area contributed by atoms with E-state index < -0.39 is 10.0 Å². The van der Waals surface area contributed by atoms with Crippen LogP contribution in [0.3, 0.4) is 0 Å². The van der Waals surface area contributed by atoms with Crippen molar-refractivity contribution in [3.63, 3.8) is 0 Å². The van der Waals surface area contributed by atoms with E-state index in [-0.39, 0.29) is 0 Å². The fourth-order valence-corrected chi connectivity index (χ4v) is 6.85. The van der Waals surface area contributed by atoms with Crippen LogP contribution in [-0.4, -0.2) is 63.0 Å². The third-order valence-corrected chi connectivity index (χ3v) is 9.03. The van der Waals surface area contributed by atoms with Crippen molar-refractivity contribution in [2.75, 3.05) is 40.4 Å². The van der Waals surface area contributed by atoms with Crippen LogP contribution in [0.25, 0.3) is 10.9 Å². The average Bonchev–Trinajstić information content (AvgIpc) is 2.87. The smallest absolute Gasteiger partial charge is 0.245 e. The van der Waals surface area contributed by atoms with E-state index in [2.05, 4.69) is 22.0 Å². The number of ether oxygens (including phenoxy) is 2. The van der Waals surface area contributed by atoms with Gasteiger partial charge in [-0.05, 0) is 60.6 Å². The van der Waals surface area contributed by atoms with Crippen LogP contribution in [0.15, 0.2) is 53.6 Å². The molecule has 0 spiro atoms. The number of sulfonamides is 1. The number of rotatable bonds is 6. The molecule has 7 nitrogen and oxygen atoms in total. The van der Waals surface area contributed by atoms with Crippen LogP contribution in [0.4, 0.5) is 0 Å². The third kappa shape index (κ3) is 4.37. The molecular formula is C26H31N3O4S. The molecule has 1 aromatic heterocycles. The summed E-state index contributed by atoms with van der Waals surface area (Å²) in [7, 11) is -0.231. The standard InChI is InChI=1S/C26H31N3O4S/c1-32-23-15-21-10-12-28(18-22(21)16-24(23)33-2)17-19-8-13-29(14-9-19)34(30,31)25-7-3-5-20-6-4-11-27-26(20)25/h3-7,11,15-16,19H,8-10,12-14,17-18H2,1-2H3. The molecule has 0 N–H and O–H groups in total. The largest absolute Gasteiger partial charge is 0.493 e. The van der Waals surface area contributed by atoms with Crippen LogP contribution in [0.1, 0.15) is 24.0 Å². The third-order valence-electron chi connectivity index (χ3n) is 7.10. The molecule has 0 saturated carbocycles. The number of hydrogen-bond acceptors (Lipinski definition) is 6. The summed E-state index contributed by atoms with van der Waals surface area (Å²) in [6.07, 6.45) is 4.37. The minimum atomic E-state index is -3.57. The van der Waals surface area contributed by atoms with Crippen LogP contribution in [0.2, 0.25) is 0 Å². The first kappa shape index (κ1) is 23.1. The van der Waals surface area contributed by atoms with Gasteiger partial charge in [0.05, 0.1) is 19.7 Å². The summed E-state index contributed by atoms with van der Waals surface area (Å²) in [4.78, 5) is 7.14. The predicted octanol–water partition coefficient (Wildman–Crippen LogP) is 3.71. The van der Waals surface area contributed by atoms with Crippen molar-refractivity contribution in [3.8, 4) is 11.5 Å². The molecule has 5 rings (SSSR count). The van der Waals surface area contributed by atoms with Gasteiger partial charge in [0, 0.05) is 44.3 Å². The number of aromatic nitrogens is 1. The summed E-state index contributed by atoms with van der Waals surface area (Å²) in [5, 5.41) is 0.845. The maximum Gasteiger partial charge on any atom is 0.245 e. The summed E-state index contributed by atoms with van der Waals surface area (Å²) in [5.41, 5.74) is 3.15. The number of para-hydroxylation sites is 1. The van der Waals surface area contributed by atoms with Crippen LogP contribution >= 0.6 is 0 Å². The van der Waals surface area contributed by atoms with Gasteiger partial charge in [-0.1, -0.05) is 18.2 Å². The lowest BCUT2D eigenvalue weighted by Gasteiger charge is -2.36. The second-order valence-corrected chi connectivity index (χ2v) is 11.0. The Labute approximate surface area is 201 Å². The Morgan fingerprint density at radius 1 is 0.971 bits per heavy atom. The summed E-state index contributed by atoms with van der Waals surface area (Å²) in [6, 6.07) is 13.3. The SMILES string of the molecule is COc1cc2c(cc1OC)CN(CC1CCN(S(=O)(=O)c3cccc4cccnc34)CC1)CC2. The Morgan fingerprint density at radius 3 is 2.41 bits per heavy atom. The van der Waals surface area contributed by atoms with Gasteiger partial charge in [0.15, 0.2) is 11.5 Å². The fourth-order valence-electron chi connectivity index (χ4n) is 5.22. The number of piperidine rings is 1. The quantitative estimate of drug-likeness (QED) is 0.535. The molecule has 0 amide bonds. The Bertz CT molecular complexity index is 1280. The highest BCUT2D eigenvalue weighted by Crippen LogP contribution is 2.34. The molecule has 1 fully saturated rings. The lowest BCUT2D eigenvalue weighted by atomic mass is 9.94. The van der Waals surface area contributed by atoms with Crippen molar-refractivity contribution in [1.29, 1.82) is 0 Å². The Morgan fingerprint density at radius 2 is 1.68 bits per heavy atom. The zero-order valence-corrected chi connectivity index (χ0v) is 20.6. The minimum absolute atomic E-state index is 0.307. The van der Waals surface area contributed by atoms with Crippen LogP contribution < -0.4 is 9.47 Å². The van der Waals surface area contributed by atoms with E-state index in [1.54, 1.807) is 36.9 Å². The lowest BCUT2D eigenvalue weighted by molar-refractivity contribution is 0.171. The minimum Gasteiger partial charge on any atom is -0.493 e. The molecule has 180 valence electrons. The normalized spacial score (nSPS) is 18.1. The number of benzene rings is 2. The monoisotopic (exact) mass is 481 g/mol. The van der Waals surface area contributed by atoms with Crippen molar-refractivity contribution in [3.05, 3.63) is 59.8 Å². The Balaban J connectivity index is 1.23. The highest BCUT2D eigenvalue weighted by atomic mass is 32.2. The van der Waals surface area contributed by atoms with Gasteiger partial charge >= 0.3 is 0 Å². The highest BCUT2D eigenvalue weighted by molar-refractivity contribution is 7.89. The summed E-state index contributed by atoms with van der Waals surface area (Å²) in [6.45, 7) is 3.97. The maximum absolute atomic E-state index is 13.4. The van der Waals surface area contributed by atoms with Crippen LogP contribution in [-0.2, 0) is 23.0 Å². The van der Waals surface area contributed by atoms with Gasteiger partial charge in [-0.25, -0.2) is 8.42 Å². The van der Waals surface area contributed by atoms with E-state index in [0.29, 0.717) is 29.4 Å². The molecule has 0 bridgehead atoms. The molecule has 2 aliphatic rings. The molecule has 34 heavy (non-hydrogen) atoms. The van der Waals surface area contributed by atoms with Crippen LogP contribution in [0.5, 0.6) is 11.5 Å². The van der Waals surface area contributed by atoms with Gasteiger partial charge in [-0.15, -0.1) is 0 Å². The van der Waals surface area contributed by atoms with Crippen molar-refractivity contribution in [2.24, 2.45) is 5.92 Å². The molecular weight excluding hydrogens is 450 g/mol. The summed E-state index contributed by atoms with van der Waals surface area (Å²) >= 11 is 0. The first-order chi connectivity index (χ1) is 16.5. The number of methoxy groups -OCH3 is 2. The highest BCUT2D eigenvalue weighted by Gasteiger charge is 2.32. The zero-order chi connectivity index (χ0) is 23.7. The van der Waals surface area contributed by atoms with Gasteiger partial charge in [0.2, 0.25) is 10.0 Å². The number of hydrogen-bond donors (Lipinski definition) is 0. The Kier molecular flexibility index (Phi) is 6.46. The van der Waals surface area contributed by atoms with Gasteiger partial charge < -0.3 is 9.47 Å². The molecule has 8 heteroatoms. The summed E-state index contributed by atoms with van der Waals surface area (Å²) in [5.74, 6) is 2.04. The first-order valence-electron chi connectivity index (χ1n) is 11.8. The maximum atomic E-state index is 13.4. The van der Waals surface area contributed by atoms with E-state index in [1.165, 1.54) is 11.1 Å². The van der Waals surface area contributed by atoms with Crippen LogP contribution in [0, 0.1) is 5.92 Å². The molecule has 2 aliphatic heterocycles. The van der Waals surface area contributed by atoms with E-state index in [9.17, 15) is 8.42 Å². The molecule has 0 atom stereocenters. The second-order valence-electron chi connectivity index (χ2n) is 9.14. The van der Waals surface area contributed by atoms with Crippen molar-refractivity contribution in [2.45, 2.75) is 30.7 Å². The van der Waals surface area contributed by atoms with Gasteiger partial charge in [0.25, 0.3) is 0 Å². The molecule has 0 unspecified atom stereocenters. The number of fused-ring (bicyclic) bond motifs is 2. The van der Waals surface area contributed by atoms with Gasteiger partial charge in [-0.2, -0.15) is 4.31 Å². The van der Waals surface area contributed by atoms with E-state index in [1.807, 2.05) is 18.2 Å². The van der Waals surface area contributed by atoms with Gasteiger partial charge in [0.1, 0.15) is 4.90 Å². The van der Waals surface area contributed by atoms with Gasteiger partial charge in [-0.3, -0.25) is 9.88 Å². The zero-order valence-electron chi connectivity index (χ0n) is 19.7. The lowest BCUT2D eigenvalue weighted by Crippen LogP contribution is -2.42. The molecule has 0 aliphatic carbocycles. The fraction of sp³-hybridized carbons (Fsp3) is 0.423. The first-order valence-corrected chi connectivity index (χ1v) is 13.2. The topological polar surface area (TPSA) is 72.0 Å². The molecule has 2 aromatic carbocycles. The molecule has 1 saturated heterocycles. The van der Waals surface area contributed by atoms with Crippen molar-refractivity contribution >= 4 is 20.9 Å². The molecule has 3 aromatic rings. The summed E-state index contributed by atoms with van der Waals surface area (Å²) < 4.78 is 39.4. The predicted molar refractivity (Wildman–Crippen MR) is 132 cm³/mol. The van der Waals surface area contributed by atoms with E-state index in [4.69, 9.17) is 9.47 Å². The molecule has 0 radical (unpaired) electrons. The number of nitrogens with zero attached hydrogens (tertiary/aromatic N) is 3. The Hall–Kier alpha value is -2.68. The van der Waals surface area contributed by atoms with E-state index in [0.717, 1.165) is 55.8 Å². The molecule has 3 heterocycles. The second kappa shape index (κ2) is 9.52. The van der Waals surface area contributed by atoms with Crippen molar-refractivity contribution in [1.82, 2.24) is 14.2 Å². The average molecular weight is 482 g/mol. The van der Waals surface area contributed by atoms with Crippen molar-refractivity contribution < 1.29 is 17.9 Å². The number of pyridine rings is 1. The van der Waals surface area contributed by atoms with E-state index >= 15 is 0 Å².